The number of benzene rings is 1. The Balaban J connectivity index is 1.64. The predicted octanol–water partition coefficient (Wildman–Crippen LogP) is 2.61. The van der Waals surface area contributed by atoms with Crippen molar-refractivity contribution < 1.29 is 14.3 Å². The van der Waals surface area contributed by atoms with Gasteiger partial charge in [0, 0.05) is 31.2 Å². The molecule has 134 valence electrons. The Labute approximate surface area is 152 Å². The molecule has 1 aromatic carbocycles. The Morgan fingerprint density at radius 3 is 2.60 bits per heavy atom. The lowest BCUT2D eigenvalue weighted by atomic mass is 10.2. The van der Waals surface area contributed by atoms with Crippen molar-refractivity contribution in [3.63, 3.8) is 0 Å². The number of carbonyl (C=O) groups is 1. The molecule has 2 aromatic rings. The number of ether oxygens (including phenoxy) is 2. The number of carbonyl (C=O) groups excluding carboxylic acids is 1. The molecular formula is C18H23N3O3S. The summed E-state index contributed by atoms with van der Waals surface area (Å²) in [6, 6.07) is 7.76. The second-order valence-corrected chi connectivity index (χ2v) is 7.07. The predicted molar refractivity (Wildman–Crippen MR) is 97.4 cm³/mol. The van der Waals surface area contributed by atoms with Gasteiger partial charge in [-0.05, 0) is 38.1 Å². The monoisotopic (exact) mass is 361 g/mol. The van der Waals surface area contributed by atoms with E-state index in [4.69, 9.17) is 9.47 Å². The molecular weight excluding hydrogens is 338 g/mol. The van der Waals surface area contributed by atoms with Crippen LogP contribution in [0.5, 0.6) is 5.75 Å². The van der Waals surface area contributed by atoms with E-state index in [0.29, 0.717) is 18.8 Å². The standard InChI is InChI=1S/C18H23N3O3S/c1-13-10-20(11-14(2)24-13)17(22)12-25-18-19-8-9-21(18)15-4-6-16(23-3)7-5-15/h4-9,13-14H,10-12H2,1-3H3. The molecule has 1 fully saturated rings. The Hall–Kier alpha value is -1.99. The van der Waals surface area contributed by atoms with E-state index in [1.807, 2.05) is 53.8 Å². The lowest BCUT2D eigenvalue weighted by Crippen LogP contribution is -2.48. The van der Waals surface area contributed by atoms with Gasteiger partial charge in [-0.2, -0.15) is 0 Å². The highest BCUT2D eigenvalue weighted by Gasteiger charge is 2.26. The Morgan fingerprint density at radius 2 is 1.96 bits per heavy atom. The second-order valence-electron chi connectivity index (χ2n) is 6.12. The fourth-order valence-corrected chi connectivity index (χ4v) is 3.81. The van der Waals surface area contributed by atoms with E-state index in [2.05, 4.69) is 4.98 Å². The van der Waals surface area contributed by atoms with Gasteiger partial charge >= 0.3 is 0 Å². The van der Waals surface area contributed by atoms with Crippen LogP contribution in [0.25, 0.3) is 5.69 Å². The number of methoxy groups -OCH3 is 1. The highest BCUT2D eigenvalue weighted by atomic mass is 32.2. The smallest absolute Gasteiger partial charge is 0.233 e. The van der Waals surface area contributed by atoms with Crippen molar-refractivity contribution in [2.45, 2.75) is 31.2 Å². The summed E-state index contributed by atoms with van der Waals surface area (Å²) in [4.78, 5) is 18.8. The fourth-order valence-electron chi connectivity index (χ4n) is 2.93. The highest BCUT2D eigenvalue weighted by Crippen LogP contribution is 2.23. The minimum atomic E-state index is 0.0824. The topological polar surface area (TPSA) is 56.6 Å². The van der Waals surface area contributed by atoms with Crippen LogP contribution in [-0.4, -0.2) is 58.5 Å². The van der Waals surface area contributed by atoms with E-state index in [1.165, 1.54) is 11.8 Å². The average molecular weight is 361 g/mol. The summed E-state index contributed by atoms with van der Waals surface area (Å²) in [5.74, 6) is 1.30. The maximum atomic E-state index is 12.5. The first-order valence-corrected chi connectivity index (χ1v) is 9.29. The van der Waals surface area contributed by atoms with Crippen LogP contribution < -0.4 is 4.74 Å². The molecule has 6 nitrogen and oxygen atoms in total. The van der Waals surface area contributed by atoms with Crippen LogP contribution in [0.4, 0.5) is 0 Å². The number of hydrogen-bond donors (Lipinski definition) is 0. The molecule has 1 aliphatic rings. The molecule has 25 heavy (non-hydrogen) atoms. The SMILES string of the molecule is COc1ccc(-n2ccnc2SCC(=O)N2CC(C)OC(C)C2)cc1. The summed E-state index contributed by atoms with van der Waals surface area (Å²) in [7, 11) is 1.65. The molecule has 0 radical (unpaired) electrons. The highest BCUT2D eigenvalue weighted by molar-refractivity contribution is 7.99. The molecule has 1 amide bonds. The van der Waals surface area contributed by atoms with Crippen molar-refractivity contribution in [3.8, 4) is 11.4 Å². The van der Waals surface area contributed by atoms with E-state index in [-0.39, 0.29) is 18.1 Å². The summed E-state index contributed by atoms with van der Waals surface area (Å²) < 4.78 is 12.8. The minimum absolute atomic E-state index is 0.0824. The number of amides is 1. The molecule has 2 unspecified atom stereocenters. The van der Waals surface area contributed by atoms with Crippen molar-refractivity contribution in [2.24, 2.45) is 0 Å². The van der Waals surface area contributed by atoms with Gasteiger partial charge in [0.15, 0.2) is 5.16 Å². The Bertz CT molecular complexity index is 707. The second kappa shape index (κ2) is 7.93. The van der Waals surface area contributed by atoms with Crippen molar-refractivity contribution in [1.82, 2.24) is 14.5 Å². The minimum Gasteiger partial charge on any atom is -0.497 e. The molecule has 1 aromatic heterocycles. The quantitative estimate of drug-likeness (QED) is 0.766. The van der Waals surface area contributed by atoms with Gasteiger partial charge in [-0.25, -0.2) is 4.98 Å². The van der Waals surface area contributed by atoms with Gasteiger partial charge in [-0.15, -0.1) is 0 Å². The summed E-state index contributed by atoms with van der Waals surface area (Å²) in [6.07, 6.45) is 3.81. The van der Waals surface area contributed by atoms with Crippen molar-refractivity contribution in [2.75, 3.05) is 26.0 Å². The molecule has 2 heterocycles. The zero-order chi connectivity index (χ0) is 17.8. The van der Waals surface area contributed by atoms with Crippen LogP contribution >= 0.6 is 11.8 Å². The van der Waals surface area contributed by atoms with E-state index in [0.717, 1.165) is 16.6 Å². The van der Waals surface area contributed by atoms with E-state index < -0.39 is 0 Å². The fraction of sp³-hybridized carbons (Fsp3) is 0.444. The normalized spacial score (nSPS) is 20.5. The number of aromatic nitrogens is 2. The maximum Gasteiger partial charge on any atom is 0.233 e. The van der Waals surface area contributed by atoms with Gasteiger partial charge in [0.1, 0.15) is 5.75 Å². The lowest BCUT2D eigenvalue weighted by Gasteiger charge is -2.35. The number of thioether (sulfide) groups is 1. The van der Waals surface area contributed by atoms with Crippen LogP contribution in [0.3, 0.4) is 0 Å². The van der Waals surface area contributed by atoms with Crippen molar-refractivity contribution >= 4 is 17.7 Å². The third-order valence-corrected chi connectivity index (χ3v) is 5.01. The number of rotatable bonds is 5. The van der Waals surface area contributed by atoms with Gasteiger partial charge in [0.25, 0.3) is 0 Å². The zero-order valence-corrected chi connectivity index (χ0v) is 15.5. The molecule has 0 N–H and O–H groups in total. The van der Waals surface area contributed by atoms with Gasteiger partial charge in [-0.1, -0.05) is 11.8 Å². The van der Waals surface area contributed by atoms with Crippen LogP contribution in [0, 0.1) is 0 Å². The van der Waals surface area contributed by atoms with Gasteiger partial charge in [0.05, 0.1) is 25.1 Å². The first kappa shape index (κ1) is 17.8. The molecule has 1 saturated heterocycles. The van der Waals surface area contributed by atoms with Gasteiger partial charge < -0.3 is 14.4 Å². The molecule has 1 aliphatic heterocycles. The number of hydrogen-bond acceptors (Lipinski definition) is 5. The summed E-state index contributed by atoms with van der Waals surface area (Å²) in [5, 5.41) is 0.799. The summed E-state index contributed by atoms with van der Waals surface area (Å²) >= 11 is 1.45. The van der Waals surface area contributed by atoms with E-state index >= 15 is 0 Å². The van der Waals surface area contributed by atoms with Crippen molar-refractivity contribution in [3.05, 3.63) is 36.7 Å². The van der Waals surface area contributed by atoms with Crippen LogP contribution in [0.15, 0.2) is 41.8 Å². The van der Waals surface area contributed by atoms with Gasteiger partial charge in [-0.3, -0.25) is 9.36 Å². The first-order valence-electron chi connectivity index (χ1n) is 8.30. The van der Waals surface area contributed by atoms with E-state index in [9.17, 15) is 4.79 Å². The third kappa shape index (κ3) is 4.35. The molecule has 2 atom stereocenters. The summed E-state index contributed by atoms with van der Waals surface area (Å²) in [6.45, 7) is 5.30. The molecule has 0 aliphatic carbocycles. The summed E-state index contributed by atoms with van der Waals surface area (Å²) in [5.41, 5.74) is 0.988. The number of nitrogens with zero attached hydrogens (tertiary/aromatic N) is 3. The number of imidazole rings is 1. The molecule has 0 bridgehead atoms. The maximum absolute atomic E-state index is 12.5. The molecule has 3 rings (SSSR count). The zero-order valence-electron chi connectivity index (χ0n) is 14.7. The van der Waals surface area contributed by atoms with E-state index in [1.54, 1.807) is 13.3 Å². The Morgan fingerprint density at radius 1 is 1.28 bits per heavy atom. The number of morpholine rings is 1. The molecule has 0 saturated carbocycles. The Kier molecular flexibility index (Phi) is 5.65. The largest absolute Gasteiger partial charge is 0.497 e. The first-order chi connectivity index (χ1) is 12.1. The lowest BCUT2D eigenvalue weighted by molar-refractivity contribution is -0.140. The molecule has 7 heteroatoms. The van der Waals surface area contributed by atoms with Crippen LogP contribution in [0.1, 0.15) is 13.8 Å². The third-order valence-electron chi connectivity index (χ3n) is 4.05. The van der Waals surface area contributed by atoms with Crippen LogP contribution in [-0.2, 0) is 9.53 Å². The van der Waals surface area contributed by atoms with Crippen LogP contribution in [0.2, 0.25) is 0 Å². The van der Waals surface area contributed by atoms with Crippen molar-refractivity contribution in [1.29, 1.82) is 0 Å². The average Bonchev–Trinajstić information content (AvgIpc) is 3.07. The van der Waals surface area contributed by atoms with Gasteiger partial charge in [0.2, 0.25) is 5.91 Å². The molecule has 0 spiro atoms.